The molecule has 1 aliphatic heterocycles. The zero-order chi connectivity index (χ0) is 12.5. The van der Waals surface area contributed by atoms with Gasteiger partial charge in [-0.05, 0) is 25.7 Å². The van der Waals surface area contributed by atoms with Gasteiger partial charge in [-0.2, -0.15) is 0 Å². The number of likely N-dealkylation sites (tertiary alicyclic amines) is 1. The van der Waals surface area contributed by atoms with E-state index in [1.807, 2.05) is 0 Å². The van der Waals surface area contributed by atoms with Crippen LogP contribution in [0.2, 0.25) is 0 Å². The second kappa shape index (κ2) is 8.54. The lowest BCUT2D eigenvalue weighted by Gasteiger charge is -2.28. The first-order valence-electron chi connectivity index (χ1n) is 7.58. The smallest absolute Gasteiger partial charge is 0.225 e. The SMILES string of the molecule is CCCC[C@@H](CC)C(=O)N1CCCCCCC1. The minimum Gasteiger partial charge on any atom is -0.342 e. The van der Waals surface area contributed by atoms with Crippen LogP contribution in [0.3, 0.4) is 0 Å². The Morgan fingerprint density at radius 3 is 2.18 bits per heavy atom. The number of nitrogens with zero attached hydrogens (tertiary/aromatic N) is 1. The number of unbranched alkanes of at least 4 members (excludes halogenated alkanes) is 1. The maximum absolute atomic E-state index is 12.4. The zero-order valence-electron chi connectivity index (χ0n) is 11.7. The highest BCUT2D eigenvalue weighted by atomic mass is 16.2. The van der Waals surface area contributed by atoms with Gasteiger partial charge in [0.2, 0.25) is 5.91 Å². The van der Waals surface area contributed by atoms with Crippen LogP contribution >= 0.6 is 0 Å². The van der Waals surface area contributed by atoms with Gasteiger partial charge in [0.1, 0.15) is 0 Å². The van der Waals surface area contributed by atoms with Gasteiger partial charge in [-0.3, -0.25) is 4.79 Å². The molecule has 0 saturated carbocycles. The topological polar surface area (TPSA) is 20.3 Å². The minimum atomic E-state index is 0.286. The van der Waals surface area contributed by atoms with E-state index in [2.05, 4.69) is 18.7 Å². The van der Waals surface area contributed by atoms with Gasteiger partial charge in [-0.15, -0.1) is 0 Å². The summed E-state index contributed by atoms with van der Waals surface area (Å²) in [5, 5.41) is 0. The summed E-state index contributed by atoms with van der Waals surface area (Å²) in [5.74, 6) is 0.720. The quantitative estimate of drug-likeness (QED) is 0.710. The van der Waals surface area contributed by atoms with Gasteiger partial charge in [0.05, 0.1) is 0 Å². The highest BCUT2D eigenvalue weighted by Gasteiger charge is 2.22. The lowest BCUT2D eigenvalue weighted by atomic mass is 9.97. The normalized spacial score (nSPS) is 19.5. The van der Waals surface area contributed by atoms with Crippen molar-refractivity contribution in [1.29, 1.82) is 0 Å². The summed E-state index contributed by atoms with van der Waals surface area (Å²) >= 11 is 0. The van der Waals surface area contributed by atoms with E-state index >= 15 is 0 Å². The largest absolute Gasteiger partial charge is 0.342 e. The maximum atomic E-state index is 12.4. The van der Waals surface area contributed by atoms with Crippen molar-refractivity contribution in [2.75, 3.05) is 13.1 Å². The number of amides is 1. The molecule has 0 aromatic rings. The molecule has 1 saturated heterocycles. The summed E-state index contributed by atoms with van der Waals surface area (Å²) in [5.41, 5.74) is 0. The molecule has 1 fully saturated rings. The van der Waals surface area contributed by atoms with Crippen molar-refractivity contribution < 1.29 is 4.79 Å². The second-order valence-corrected chi connectivity index (χ2v) is 5.34. The summed E-state index contributed by atoms with van der Waals surface area (Å²) in [6, 6.07) is 0. The van der Waals surface area contributed by atoms with Crippen LogP contribution in [0.15, 0.2) is 0 Å². The fourth-order valence-corrected chi connectivity index (χ4v) is 2.68. The van der Waals surface area contributed by atoms with Crippen molar-refractivity contribution >= 4 is 5.91 Å². The Hall–Kier alpha value is -0.530. The van der Waals surface area contributed by atoms with Gasteiger partial charge >= 0.3 is 0 Å². The first-order valence-corrected chi connectivity index (χ1v) is 7.58. The molecule has 0 spiro atoms. The molecule has 1 heterocycles. The second-order valence-electron chi connectivity index (χ2n) is 5.34. The third-order valence-electron chi connectivity index (χ3n) is 3.92. The lowest BCUT2D eigenvalue weighted by Crippen LogP contribution is -2.38. The van der Waals surface area contributed by atoms with E-state index < -0.39 is 0 Å². The van der Waals surface area contributed by atoms with Crippen LogP contribution in [0.1, 0.15) is 71.6 Å². The molecule has 1 rings (SSSR count). The first-order chi connectivity index (χ1) is 8.29. The molecule has 1 amide bonds. The number of hydrogen-bond acceptors (Lipinski definition) is 1. The first kappa shape index (κ1) is 14.5. The predicted molar refractivity (Wildman–Crippen MR) is 73.0 cm³/mol. The fraction of sp³-hybridized carbons (Fsp3) is 0.933. The number of rotatable bonds is 5. The number of carbonyl (C=O) groups excluding carboxylic acids is 1. The van der Waals surface area contributed by atoms with Crippen molar-refractivity contribution in [2.24, 2.45) is 5.92 Å². The highest BCUT2D eigenvalue weighted by molar-refractivity contribution is 5.78. The van der Waals surface area contributed by atoms with Crippen molar-refractivity contribution in [3.05, 3.63) is 0 Å². The average Bonchev–Trinajstić information content (AvgIpc) is 2.29. The average molecular weight is 239 g/mol. The van der Waals surface area contributed by atoms with Crippen LogP contribution < -0.4 is 0 Å². The Morgan fingerprint density at radius 1 is 1.06 bits per heavy atom. The molecule has 0 unspecified atom stereocenters. The molecule has 0 N–H and O–H groups in total. The van der Waals surface area contributed by atoms with Crippen LogP contribution in [0.4, 0.5) is 0 Å². The van der Waals surface area contributed by atoms with Gasteiger partial charge < -0.3 is 4.90 Å². The third kappa shape index (κ3) is 5.10. The Kier molecular flexibility index (Phi) is 7.30. The Bertz CT molecular complexity index is 207. The molecule has 1 atom stereocenters. The lowest BCUT2D eigenvalue weighted by molar-refractivity contribution is -0.136. The van der Waals surface area contributed by atoms with Crippen molar-refractivity contribution in [2.45, 2.75) is 71.6 Å². The molecule has 100 valence electrons. The molecular formula is C15H29NO. The Morgan fingerprint density at radius 2 is 1.65 bits per heavy atom. The van der Waals surface area contributed by atoms with E-state index in [9.17, 15) is 4.79 Å². The van der Waals surface area contributed by atoms with Crippen molar-refractivity contribution in [3.8, 4) is 0 Å². The van der Waals surface area contributed by atoms with Crippen LogP contribution in [0.5, 0.6) is 0 Å². The summed E-state index contributed by atoms with van der Waals surface area (Å²) in [4.78, 5) is 14.6. The highest BCUT2D eigenvalue weighted by Crippen LogP contribution is 2.18. The van der Waals surface area contributed by atoms with Crippen LogP contribution in [0.25, 0.3) is 0 Å². The van der Waals surface area contributed by atoms with Gasteiger partial charge in [0.15, 0.2) is 0 Å². The van der Waals surface area contributed by atoms with Crippen molar-refractivity contribution in [3.63, 3.8) is 0 Å². The molecule has 0 bridgehead atoms. The van der Waals surface area contributed by atoms with Gasteiger partial charge in [0, 0.05) is 19.0 Å². The Balaban J connectivity index is 2.45. The van der Waals surface area contributed by atoms with Gasteiger partial charge in [-0.25, -0.2) is 0 Å². The van der Waals surface area contributed by atoms with Crippen LogP contribution in [-0.2, 0) is 4.79 Å². The van der Waals surface area contributed by atoms with E-state index in [0.717, 1.165) is 25.9 Å². The molecule has 0 radical (unpaired) electrons. The molecule has 17 heavy (non-hydrogen) atoms. The molecule has 0 aromatic carbocycles. The van der Waals surface area contributed by atoms with E-state index in [0.29, 0.717) is 5.91 Å². The van der Waals surface area contributed by atoms with E-state index in [-0.39, 0.29) is 5.92 Å². The Labute approximate surface area is 107 Å². The molecule has 0 aromatic heterocycles. The number of carbonyl (C=O) groups is 1. The van der Waals surface area contributed by atoms with Crippen LogP contribution in [-0.4, -0.2) is 23.9 Å². The standard InChI is InChI=1S/C15H29NO/c1-3-5-11-14(4-2)15(17)16-12-9-7-6-8-10-13-16/h14H,3-13H2,1-2H3/t14-/m1/s1. The third-order valence-corrected chi connectivity index (χ3v) is 3.92. The van der Waals surface area contributed by atoms with Crippen LogP contribution in [0, 0.1) is 5.92 Å². The summed E-state index contributed by atoms with van der Waals surface area (Å²) in [7, 11) is 0. The minimum absolute atomic E-state index is 0.286. The van der Waals surface area contributed by atoms with Gasteiger partial charge in [-0.1, -0.05) is 46.0 Å². The predicted octanol–water partition coefficient (Wildman–Crippen LogP) is 4.00. The molecule has 2 heteroatoms. The number of hydrogen-bond donors (Lipinski definition) is 0. The maximum Gasteiger partial charge on any atom is 0.225 e. The molecule has 2 nitrogen and oxygen atoms in total. The van der Waals surface area contributed by atoms with E-state index in [1.165, 1.54) is 44.9 Å². The molecule has 0 aliphatic carbocycles. The van der Waals surface area contributed by atoms with E-state index in [4.69, 9.17) is 0 Å². The summed E-state index contributed by atoms with van der Waals surface area (Å²) < 4.78 is 0. The van der Waals surface area contributed by atoms with E-state index in [1.54, 1.807) is 0 Å². The summed E-state index contributed by atoms with van der Waals surface area (Å²) in [6.07, 6.45) is 10.9. The van der Waals surface area contributed by atoms with Crippen molar-refractivity contribution in [1.82, 2.24) is 4.90 Å². The van der Waals surface area contributed by atoms with Gasteiger partial charge in [0.25, 0.3) is 0 Å². The summed E-state index contributed by atoms with van der Waals surface area (Å²) in [6.45, 7) is 6.36. The fourth-order valence-electron chi connectivity index (χ4n) is 2.68. The molecule has 1 aliphatic rings. The zero-order valence-corrected chi connectivity index (χ0v) is 11.7. The molecular weight excluding hydrogens is 210 g/mol. The monoisotopic (exact) mass is 239 g/mol.